The van der Waals surface area contributed by atoms with Crippen molar-refractivity contribution in [1.29, 1.82) is 0 Å². The van der Waals surface area contributed by atoms with Gasteiger partial charge in [-0.2, -0.15) is 0 Å². The number of aromatic nitrogens is 2. The number of carbonyl (C=O) groups excluding carboxylic acids is 1. The van der Waals surface area contributed by atoms with Crippen LogP contribution >= 0.6 is 0 Å². The number of methoxy groups -OCH3 is 1. The molecule has 1 aliphatic carbocycles. The maximum absolute atomic E-state index is 13.0. The molecular weight excluding hydrogens is 388 g/mol. The third-order valence-corrected chi connectivity index (χ3v) is 6.04. The number of hydrogen-bond donors (Lipinski definition) is 1. The Morgan fingerprint density at radius 1 is 1.13 bits per heavy atom. The summed E-state index contributed by atoms with van der Waals surface area (Å²) in [5.41, 5.74) is 3.80. The Kier molecular flexibility index (Phi) is 5.89. The maximum Gasteiger partial charge on any atom is 0.255 e. The Morgan fingerprint density at radius 3 is 2.61 bits per heavy atom. The van der Waals surface area contributed by atoms with E-state index in [0.717, 1.165) is 36.5 Å². The highest BCUT2D eigenvalue weighted by Gasteiger charge is 2.37. The van der Waals surface area contributed by atoms with Gasteiger partial charge >= 0.3 is 0 Å². The molecule has 0 spiro atoms. The van der Waals surface area contributed by atoms with E-state index >= 15 is 0 Å². The van der Waals surface area contributed by atoms with Gasteiger partial charge in [-0.25, -0.2) is 9.97 Å². The van der Waals surface area contributed by atoms with E-state index < -0.39 is 0 Å². The Morgan fingerprint density at radius 2 is 1.87 bits per heavy atom. The Balaban J connectivity index is 1.62. The number of benzene rings is 2. The van der Waals surface area contributed by atoms with Gasteiger partial charge in [0.15, 0.2) is 0 Å². The fourth-order valence-corrected chi connectivity index (χ4v) is 4.29. The van der Waals surface area contributed by atoms with Crippen molar-refractivity contribution >= 4 is 11.9 Å². The number of hydrogen-bond acceptors (Lipinski definition) is 5. The number of aryl methyl sites for hydroxylation is 1. The molecule has 0 fully saturated rings. The maximum atomic E-state index is 13.0. The molecule has 1 heterocycles. The lowest BCUT2D eigenvalue weighted by atomic mass is 9.68. The number of anilines is 1. The molecule has 1 aromatic heterocycles. The van der Waals surface area contributed by atoms with Gasteiger partial charge in [-0.3, -0.25) is 4.79 Å². The fourth-order valence-electron chi connectivity index (χ4n) is 4.29. The van der Waals surface area contributed by atoms with Gasteiger partial charge in [-0.15, -0.1) is 0 Å². The average molecular weight is 417 g/mol. The molecule has 4 rings (SSSR count). The number of carbonyl (C=O) groups is 1. The van der Waals surface area contributed by atoms with Gasteiger partial charge in [0.1, 0.15) is 5.75 Å². The summed E-state index contributed by atoms with van der Waals surface area (Å²) in [5.74, 6) is 1.18. The highest BCUT2D eigenvalue weighted by Crippen LogP contribution is 2.38. The van der Waals surface area contributed by atoms with Gasteiger partial charge in [-0.1, -0.05) is 42.5 Å². The quantitative estimate of drug-likeness (QED) is 0.667. The summed E-state index contributed by atoms with van der Waals surface area (Å²) in [6.07, 6.45) is 4.47. The minimum atomic E-state index is -0.213. The van der Waals surface area contributed by atoms with Gasteiger partial charge in [0.25, 0.3) is 5.91 Å². The Hall–Kier alpha value is -3.41. The molecule has 6 nitrogen and oxygen atoms in total. The highest BCUT2D eigenvalue weighted by molar-refractivity contribution is 5.97. The lowest BCUT2D eigenvalue weighted by Gasteiger charge is -2.38. The van der Waals surface area contributed by atoms with Crippen molar-refractivity contribution in [3.8, 4) is 5.75 Å². The minimum Gasteiger partial charge on any atom is -0.496 e. The minimum absolute atomic E-state index is 0.127. The second-order valence-corrected chi connectivity index (χ2v) is 8.24. The van der Waals surface area contributed by atoms with Gasteiger partial charge in [0, 0.05) is 37.9 Å². The summed E-state index contributed by atoms with van der Waals surface area (Å²) in [4.78, 5) is 24.2. The van der Waals surface area contributed by atoms with Gasteiger partial charge in [-0.05, 0) is 42.5 Å². The SMILES string of the molecule is COc1ccccc1C(=O)NC[C@@]1(c2ccccc2)CCc2nc(N(C)C)ncc2C1. The molecule has 0 radical (unpaired) electrons. The third-order valence-electron chi connectivity index (χ3n) is 6.04. The van der Waals surface area contributed by atoms with Crippen LogP contribution in [0.1, 0.15) is 33.6 Å². The van der Waals surface area contributed by atoms with Crippen molar-refractivity contribution in [3.63, 3.8) is 0 Å². The van der Waals surface area contributed by atoms with Crippen LogP contribution in [0.5, 0.6) is 5.75 Å². The van der Waals surface area contributed by atoms with E-state index in [0.29, 0.717) is 17.9 Å². The number of para-hydroxylation sites is 1. The summed E-state index contributed by atoms with van der Waals surface area (Å²) in [6, 6.07) is 17.7. The summed E-state index contributed by atoms with van der Waals surface area (Å²) in [5, 5.41) is 3.18. The normalized spacial score (nSPS) is 17.5. The number of nitrogens with zero attached hydrogens (tertiary/aromatic N) is 3. The average Bonchev–Trinajstić information content (AvgIpc) is 2.82. The second-order valence-electron chi connectivity index (χ2n) is 8.24. The third kappa shape index (κ3) is 4.24. The number of rotatable bonds is 6. The molecule has 0 unspecified atom stereocenters. The number of nitrogens with one attached hydrogen (secondary N) is 1. The van der Waals surface area contributed by atoms with Gasteiger partial charge in [0.2, 0.25) is 5.95 Å². The molecule has 1 N–H and O–H groups in total. The first kappa shape index (κ1) is 20.8. The molecule has 31 heavy (non-hydrogen) atoms. The van der Waals surface area contributed by atoms with Crippen LogP contribution in [0.25, 0.3) is 0 Å². The first-order valence-corrected chi connectivity index (χ1v) is 10.5. The van der Waals surface area contributed by atoms with E-state index in [4.69, 9.17) is 9.72 Å². The zero-order chi connectivity index (χ0) is 21.8. The largest absolute Gasteiger partial charge is 0.496 e. The van der Waals surface area contributed by atoms with Crippen molar-refractivity contribution in [3.05, 3.63) is 83.2 Å². The highest BCUT2D eigenvalue weighted by atomic mass is 16.5. The molecule has 0 bridgehead atoms. The number of ether oxygens (including phenoxy) is 1. The van der Waals surface area contributed by atoms with E-state index in [1.807, 2.05) is 43.4 Å². The van der Waals surface area contributed by atoms with E-state index in [9.17, 15) is 4.79 Å². The van der Waals surface area contributed by atoms with Crippen molar-refractivity contribution in [2.75, 3.05) is 32.6 Å². The first-order valence-electron chi connectivity index (χ1n) is 10.5. The molecule has 1 aliphatic rings. The van der Waals surface area contributed by atoms with Gasteiger partial charge in [0.05, 0.1) is 12.7 Å². The Bertz CT molecular complexity index is 1070. The van der Waals surface area contributed by atoms with Crippen molar-refractivity contribution < 1.29 is 9.53 Å². The molecule has 160 valence electrons. The van der Waals surface area contributed by atoms with Crippen molar-refractivity contribution in [1.82, 2.24) is 15.3 Å². The summed E-state index contributed by atoms with van der Waals surface area (Å²) >= 11 is 0. The van der Waals surface area contributed by atoms with Crippen LogP contribution in [-0.2, 0) is 18.3 Å². The Labute approximate surface area is 183 Å². The number of amides is 1. The van der Waals surface area contributed by atoms with Crippen LogP contribution in [0.4, 0.5) is 5.95 Å². The molecular formula is C25H28N4O2. The molecule has 0 saturated carbocycles. The summed E-state index contributed by atoms with van der Waals surface area (Å²) < 4.78 is 5.36. The summed E-state index contributed by atoms with van der Waals surface area (Å²) in [7, 11) is 5.48. The molecule has 3 aromatic rings. The molecule has 6 heteroatoms. The molecule has 1 atom stereocenters. The van der Waals surface area contributed by atoms with E-state index in [1.165, 1.54) is 5.56 Å². The molecule has 1 amide bonds. The predicted molar refractivity (Wildman–Crippen MR) is 122 cm³/mol. The van der Waals surface area contributed by atoms with E-state index in [2.05, 4.69) is 34.6 Å². The van der Waals surface area contributed by atoms with Gasteiger partial charge < -0.3 is 15.0 Å². The zero-order valence-corrected chi connectivity index (χ0v) is 18.3. The van der Waals surface area contributed by atoms with Crippen molar-refractivity contribution in [2.24, 2.45) is 0 Å². The monoisotopic (exact) mass is 416 g/mol. The lowest BCUT2D eigenvalue weighted by Crippen LogP contribution is -2.45. The predicted octanol–water partition coefficient (Wildman–Crippen LogP) is 3.41. The van der Waals surface area contributed by atoms with Crippen LogP contribution in [0.15, 0.2) is 60.8 Å². The van der Waals surface area contributed by atoms with Crippen LogP contribution < -0.4 is 15.0 Å². The molecule has 0 saturated heterocycles. The van der Waals surface area contributed by atoms with Crippen LogP contribution in [-0.4, -0.2) is 43.6 Å². The number of fused-ring (bicyclic) bond motifs is 1. The van der Waals surface area contributed by atoms with Crippen LogP contribution in [0, 0.1) is 0 Å². The summed E-state index contributed by atoms with van der Waals surface area (Å²) in [6.45, 7) is 0.531. The first-order chi connectivity index (χ1) is 15.0. The van der Waals surface area contributed by atoms with Crippen LogP contribution in [0.3, 0.4) is 0 Å². The topological polar surface area (TPSA) is 67.3 Å². The lowest BCUT2D eigenvalue weighted by molar-refractivity contribution is 0.0937. The molecule has 2 aromatic carbocycles. The van der Waals surface area contributed by atoms with E-state index in [-0.39, 0.29) is 11.3 Å². The zero-order valence-electron chi connectivity index (χ0n) is 18.3. The molecule has 0 aliphatic heterocycles. The van der Waals surface area contributed by atoms with Crippen molar-refractivity contribution in [2.45, 2.75) is 24.7 Å². The fraction of sp³-hybridized carbons (Fsp3) is 0.320. The van der Waals surface area contributed by atoms with E-state index in [1.54, 1.807) is 19.2 Å². The van der Waals surface area contributed by atoms with Crippen LogP contribution in [0.2, 0.25) is 0 Å². The standard InChI is InChI=1S/C25H28N4O2/c1-29(2)24-26-16-18-15-25(14-13-21(18)28-24,19-9-5-4-6-10-19)17-27-23(30)20-11-7-8-12-22(20)31-3/h4-12,16H,13-15,17H2,1-3H3,(H,27,30)/t25-/m1/s1. The second kappa shape index (κ2) is 8.76. The smallest absolute Gasteiger partial charge is 0.255 e.